The number of rotatable bonds is 3. The lowest BCUT2D eigenvalue weighted by atomic mass is 10.1. The monoisotopic (exact) mass is 343 g/mol. The zero-order chi connectivity index (χ0) is 18.3. The van der Waals surface area contributed by atoms with Crippen LogP contribution in [-0.4, -0.2) is 14.5 Å². The van der Waals surface area contributed by atoms with E-state index in [4.69, 9.17) is 0 Å². The van der Waals surface area contributed by atoms with Gasteiger partial charge in [0.25, 0.3) is 5.56 Å². The zero-order valence-electron chi connectivity index (χ0n) is 15.2. The van der Waals surface area contributed by atoms with Crippen LogP contribution >= 0.6 is 0 Å². The van der Waals surface area contributed by atoms with E-state index in [1.54, 1.807) is 4.57 Å². The molecule has 0 fully saturated rings. The highest BCUT2D eigenvalue weighted by atomic mass is 16.1. The maximum absolute atomic E-state index is 13.2. The van der Waals surface area contributed by atoms with Crippen molar-refractivity contribution in [3.05, 3.63) is 93.2 Å². The van der Waals surface area contributed by atoms with Gasteiger partial charge in [-0.25, -0.2) is 4.98 Å². The molecule has 1 N–H and O–H groups in total. The molecule has 2 heterocycles. The molecule has 0 saturated heterocycles. The average molecular weight is 343 g/mol. The first-order chi connectivity index (χ1) is 12.5. The van der Waals surface area contributed by atoms with Crippen LogP contribution in [0.5, 0.6) is 0 Å². The predicted molar refractivity (Wildman–Crippen MR) is 105 cm³/mol. The van der Waals surface area contributed by atoms with Crippen molar-refractivity contribution in [2.75, 3.05) is 0 Å². The highest BCUT2D eigenvalue weighted by Crippen LogP contribution is 2.21. The molecule has 26 heavy (non-hydrogen) atoms. The van der Waals surface area contributed by atoms with E-state index in [1.165, 1.54) is 5.56 Å². The Labute approximate surface area is 152 Å². The molecule has 0 unspecified atom stereocenters. The minimum absolute atomic E-state index is 0.0237. The number of H-pyrrole nitrogens is 1. The predicted octanol–water partition coefficient (Wildman–Crippen LogP) is 4.23. The highest BCUT2D eigenvalue weighted by molar-refractivity contribution is 5.80. The van der Waals surface area contributed by atoms with E-state index in [2.05, 4.69) is 22.1 Å². The van der Waals surface area contributed by atoms with Gasteiger partial charge in [-0.05, 0) is 44.0 Å². The zero-order valence-corrected chi connectivity index (χ0v) is 15.2. The van der Waals surface area contributed by atoms with Gasteiger partial charge in [0.1, 0.15) is 11.5 Å². The van der Waals surface area contributed by atoms with Gasteiger partial charge in [0.05, 0.1) is 11.1 Å². The van der Waals surface area contributed by atoms with Crippen molar-refractivity contribution in [1.82, 2.24) is 14.5 Å². The molecule has 0 aliphatic heterocycles. The molecular weight excluding hydrogens is 322 g/mol. The molecule has 4 heteroatoms. The van der Waals surface area contributed by atoms with Crippen molar-refractivity contribution in [3.63, 3.8) is 0 Å². The van der Waals surface area contributed by atoms with E-state index in [-0.39, 0.29) is 5.56 Å². The lowest BCUT2D eigenvalue weighted by Gasteiger charge is -2.09. The van der Waals surface area contributed by atoms with Crippen molar-refractivity contribution < 1.29 is 0 Å². The van der Waals surface area contributed by atoms with Crippen molar-refractivity contribution in [2.45, 2.75) is 27.2 Å². The van der Waals surface area contributed by atoms with Crippen molar-refractivity contribution in [2.24, 2.45) is 0 Å². The summed E-state index contributed by atoms with van der Waals surface area (Å²) in [5.41, 5.74) is 5.87. The Morgan fingerprint density at radius 2 is 1.65 bits per heavy atom. The van der Waals surface area contributed by atoms with Crippen LogP contribution in [-0.2, 0) is 6.42 Å². The Kier molecular flexibility index (Phi) is 3.96. The number of aromatic nitrogens is 3. The van der Waals surface area contributed by atoms with Gasteiger partial charge < -0.3 is 4.98 Å². The number of hydrogen-bond donors (Lipinski definition) is 1. The molecule has 4 aromatic rings. The number of benzene rings is 2. The molecule has 0 amide bonds. The number of nitrogens with one attached hydrogen (secondary N) is 1. The minimum Gasteiger partial charge on any atom is -0.342 e. The van der Waals surface area contributed by atoms with Crippen LogP contribution in [0.15, 0.2) is 59.4 Å². The smallest absolute Gasteiger partial charge is 0.267 e. The van der Waals surface area contributed by atoms with Gasteiger partial charge >= 0.3 is 0 Å². The van der Waals surface area contributed by atoms with E-state index in [0.717, 1.165) is 28.9 Å². The lowest BCUT2D eigenvalue weighted by Crippen LogP contribution is -2.22. The summed E-state index contributed by atoms with van der Waals surface area (Å²) in [6.45, 7) is 5.90. The molecular formula is C22H21N3O. The summed E-state index contributed by atoms with van der Waals surface area (Å²) in [6, 6.07) is 18.2. The Balaban J connectivity index is 1.88. The second-order valence-electron chi connectivity index (χ2n) is 6.75. The SMILES string of the molecule is Cc1ccc(-n2c(C)nc3[nH]c(Cc4ccccc4)c(C)c3c2=O)cc1. The Morgan fingerprint density at radius 3 is 2.35 bits per heavy atom. The molecule has 4 rings (SSSR count). The Morgan fingerprint density at radius 1 is 0.962 bits per heavy atom. The molecule has 4 nitrogen and oxygen atoms in total. The first kappa shape index (κ1) is 16.3. The molecule has 0 radical (unpaired) electrons. The van der Waals surface area contributed by atoms with Gasteiger partial charge in [-0.1, -0.05) is 48.0 Å². The third-order valence-electron chi connectivity index (χ3n) is 4.86. The summed E-state index contributed by atoms with van der Waals surface area (Å²) in [6.07, 6.45) is 0.756. The summed E-state index contributed by atoms with van der Waals surface area (Å²) in [7, 11) is 0. The quantitative estimate of drug-likeness (QED) is 0.605. The van der Waals surface area contributed by atoms with Crippen LogP contribution in [0.2, 0.25) is 0 Å². The fraction of sp³-hybridized carbons (Fsp3) is 0.182. The Bertz CT molecular complexity index is 1140. The van der Waals surface area contributed by atoms with Gasteiger partial charge in [-0.15, -0.1) is 0 Å². The number of fused-ring (bicyclic) bond motifs is 1. The van der Waals surface area contributed by atoms with Crippen molar-refractivity contribution in [1.29, 1.82) is 0 Å². The topological polar surface area (TPSA) is 50.7 Å². The van der Waals surface area contributed by atoms with Gasteiger partial charge in [0.15, 0.2) is 0 Å². The minimum atomic E-state index is -0.0237. The largest absolute Gasteiger partial charge is 0.342 e. The molecule has 0 bridgehead atoms. The van der Waals surface area contributed by atoms with Crippen LogP contribution in [0.1, 0.15) is 28.2 Å². The summed E-state index contributed by atoms with van der Waals surface area (Å²) in [5.74, 6) is 0.680. The molecule has 0 saturated carbocycles. The van der Waals surface area contributed by atoms with E-state index in [9.17, 15) is 4.79 Å². The standard InChI is InChI=1S/C22H21N3O/c1-14-9-11-18(12-10-14)25-16(3)23-21-20(22(25)26)15(2)19(24-21)13-17-7-5-4-6-8-17/h4-12,24H,13H2,1-3H3. The van der Waals surface area contributed by atoms with E-state index < -0.39 is 0 Å². The normalized spacial score (nSPS) is 11.2. The summed E-state index contributed by atoms with van der Waals surface area (Å²) in [5, 5.41) is 0.669. The van der Waals surface area contributed by atoms with Gasteiger partial charge in [-0.2, -0.15) is 0 Å². The summed E-state index contributed by atoms with van der Waals surface area (Å²) >= 11 is 0. The fourth-order valence-corrected chi connectivity index (χ4v) is 3.42. The first-order valence-corrected chi connectivity index (χ1v) is 8.76. The maximum atomic E-state index is 13.2. The molecule has 2 aromatic carbocycles. The molecule has 130 valence electrons. The molecule has 2 aromatic heterocycles. The Hall–Kier alpha value is -3.14. The first-order valence-electron chi connectivity index (χ1n) is 8.76. The highest BCUT2D eigenvalue weighted by Gasteiger charge is 2.16. The second-order valence-corrected chi connectivity index (χ2v) is 6.75. The van der Waals surface area contributed by atoms with Crippen LogP contribution in [0.4, 0.5) is 0 Å². The lowest BCUT2D eigenvalue weighted by molar-refractivity contribution is 0.891. The average Bonchev–Trinajstić information content (AvgIpc) is 2.93. The second kappa shape index (κ2) is 6.30. The van der Waals surface area contributed by atoms with Crippen LogP contribution in [0.25, 0.3) is 16.7 Å². The van der Waals surface area contributed by atoms with E-state index in [0.29, 0.717) is 16.9 Å². The number of aryl methyl sites for hydroxylation is 3. The van der Waals surface area contributed by atoms with Gasteiger partial charge in [0.2, 0.25) is 0 Å². The van der Waals surface area contributed by atoms with Gasteiger partial charge in [-0.3, -0.25) is 9.36 Å². The van der Waals surface area contributed by atoms with E-state index in [1.807, 2.05) is 63.2 Å². The third kappa shape index (κ3) is 2.73. The van der Waals surface area contributed by atoms with Crippen LogP contribution in [0.3, 0.4) is 0 Å². The summed E-state index contributed by atoms with van der Waals surface area (Å²) < 4.78 is 1.69. The molecule has 0 aliphatic carbocycles. The maximum Gasteiger partial charge on any atom is 0.267 e. The number of aromatic amines is 1. The third-order valence-corrected chi connectivity index (χ3v) is 4.86. The van der Waals surface area contributed by atoms with E-state index >= 15 is 0 Å². The molecule has 0 aliphatic rings. The molecule has 0 atom stereocenters. The number of hydrogen-bond acceptors (Lipinski definition) is 2. The van der Waals surface area contributed by atoms with Crippen LogP contribution < -0.4 is 5.56 Å². The van der Waals surface area contributed by atoms with Crippen molar-refractivity contribution >= 4 is 11.0 Å². The summed E-state index contributed by atoms with van der Waals surface area (Å²) in [4.78, 5) is 21.2. The fourth-order valence-electron chi connectivity index (χ4n) is 3.42. The molecule has 0 spiro atoms. The van der Waals surface area contributed by atoms with Gasteiger partial charge in [0, 0.05) is 12.1 Å². The number of nitrogens with zero attached hydrogens (tertiary/aromatic N) is 2. The van der Waals surface area contributed by atoms with Crippen LogP contribution in [0, 0.1) is 20.8 Å². The van der Waals surface area contributed by atoms with Crippen molar-refractivity contribution in [3.8, 4) is 5.69 Å².